The minimum Gasteiger partial charge on any atom is -0.480 e. The van der Waals surface area contributed by atoms with Gasteiger partial charge in [-0.05, 0) is 12.8 Å². The maximum absolute atomic E-state index is 12.0. The fraction of sp³-hybridized carbons (Fsp3) is 0.818. The van der Waals surface area contributed by atoms with Crippen molar-refractivity contribution in [3.05, 3.63) is 0 Å². The molecule has 0 spiro atoms. The summed E-state index contributed by atoms with van der Waals surface area (Å²) >= 11 is 0. The van der Waals surface area contributed by atoms with Gasteiger partial charge in [0, 0.05) is 0 Å². The second kappa shape index (κ2) is 3.68. The summed E-state index contributed by atoms with van der Waals surface area (Å²) in [6.07, 6.45) is 2.05. The molecule has 0 bridgehead atoms. The molecule has 3 atom stereocenters. The average molecular weight is 242 g/mol. The molecule has 6 heteroatoms. The first kappa shape index (κ1) is 11.0. The zero-order valence-corrected chi connectivity index (χ0v) is 9.26. The highest BCUT2D eigenvalue weighted by Crippen LogP contribution is 2.43. The molecule has 94 valence electrons. The van der Waals surface area contributed by atoms with Crippen molar-refractivity contribution in [2.45, 2.75) is 50.8 Å². The molecule has 3 unspecified atom stereocenters. The Morgan fingerprint density at radius 3 is 2.35 bits per heavy atom. The summed E-state index contributed by atoms with van der Waals surface area (Å²) in [5.74, 6) is -1.77. The monoisotopic (exact) mass is 242 g/mol. The van der Waals surface area contributed by atoms with Gasteiger partial charge in [-0.2, -0.15) is 0 Å². The van der Waals surface area contributed by atoms with Crippen molar-refractivity contribution < 1.29 is 28.9 Å². The third-order valence-electron chi connectivity index (χ3n) is 3.75. The van der Waals surface area contributed by atoms with Gasteiger partial charge in [0.25, 0.3) is 0 Å². The summed E-state index contributed by atoms with van der Waals surface area (Å²) in [5.41, 5.74) is -1.37. The van der Waals surface area contributed by atoms with Gasteiger partial charge in [0.15, 0.2) is 17.8 Å². The van der Waals surface area contributed by atoms with Crippen LogP contribution in [0.15, 0.2) is 0 Å². The zero-order chi connectivity index (χ0) is 12.0. The number of fused-ring (bicyclic) bond motifs is 1. The molecular weight excluding hydrogens is 228 g/mol. The molecule has 2 aliphatic heterocycles. The van der Waals surface area contributed by atoms with Crippen LogP contribution in [0.3, 0.4) is 0 Å². The first-order valence-corrected chi connectivity index (χ1v) is 5.89. The van der Waals surface area contributed by atoms with E-state index >= 15 is 0 Å². The number of hydrogen-bond acceptors (Lipinski definition) is 5. The lowest BCUT2D eigenvalue weighted by molar-refractivity contribution is -0.219. The van der Waals surface area contributed by atoms with Gasteiger partial charge < -0.3 is 19.3 Å². The zero-order valence-electron chi connectivity index (χ0n) is 9.26. The van der Waals surface area contributed by atoms with Gasteiger partial charge in [0.05, 0.1) is 0 Å². The lowest BCUT2D eigenvalue weighted by Gasteiger charge is -2.32. The number of epoxide rings is 1. The molecule has 0 amide bonds. The third kappa shape index (κ3) is 1.63. The van der Waals surface area contributed by atoms with E-state index in [2.05, 4.69) is 0 Å². The molecule has 0 aromatic carbocycles. The van der Waals surface area contributed by atoms with Crippen molar-refractivity contribution in [1.29, 1.82) is 0 Å². The molecule has 1 N–H and O–H groups in total. The molecule has 2 heterocycles. The summed E-state index contributed by atoms with van der Waals surface area (Å²) in [5, 5.41) is 9.27. The molecule has 17 heavy (non-hydrogen) atoms. The topological polar surface area (TPSA) is 85.4 Å². The lowest BCUT2D eigenvalue weighted by Crippen LogP contribution is -2.47. The number of esters is 1. The molecule has 0 aromatic heterocycles. The number of carboxylic acid groups (broad SMARTS) is 1. The highest BCUT2D eigenvalue weighted by molar-refractivity contribution is 5.99. The summed E-state index contributed by atoms with van der Waals surface area (Å²) < 4.78 is 15.1. The highest BCUT2D eigenvalue weighted by Gasteiger charge is 2.62. The van der Waals surface area contributed by atoms with Crippen LogP contribution in [0, 0.1) is 5.41 Å². The molecule has 6 nitrogen and oxygen atoms in total. The number of aliphatic carboxylic acids is 1. The Morgan fingerprint density at radius 1 is 1.18 bits per heavy atom. The van der Waals surface area contributed by atoms with Gasteiger partial charge in [-0.3, -0.25) is 9.59 Å². The van der Waals surface area contributed by atoms with E-state index in [1.807, 2.05) is 0 Å². The number of carbonyl (C=O) groups is 2. The molecule has 2 saturated heterocycles. The molecule has 3 fully saturated rings. The maximum Gasteiger partial charge on any atom is 0.325 e. The molecule has 0 aromatic rings. The van der Waals surface area contributed by atoms with Crippen molar-refractivity contribution in [2.75, 3.05) is 0 Å². The van der Waals surface area contributed by atoms with Gasteiger partial charge >= 0.3 is 11.9 Å². The molecule has 0 radical (unpaired) electrons. The summed E-state index contributed by atoms with van der Waals surface area (Å²) in [7, 11) is 0. The lowest BCUT2D eigenvalue weighted by atomic mass is 9.74. The van der Waals surface area contributed by atoms with E-state index < -0.39 is 23.6 Å². The maximum atomic E-state index is 12.0. The quantitative estimate of drug-likeness (QED) is 0.444. The van der Waals surface area contributed by atoms with Crippen molar-refractivity contribution in [2.24, 2.45) is 5.41 Å². The van der Waals surface area contributed by atoms with E-state index in [1.54, 1.807) is 0 Å². The number of ether oxygens (including phenoxy) is 3. The van der Waals surface area contributed by atoms with Gasteiger partial charge in [0.1, 0.15) is 0 Å². The van der Waals surface area contributed by atoms with Crippen LogP contribution in [0.5, 0.6) is 0 Å². The van der Waals surface area contributed by atoms with E-state index in [9.17, 15) is 14.7 Å². The second-order valence-corrected chi connectivity index (χ2v) is 4.83. The van der Waals surface area contributed by atoms with Crippen LogP contribution in [0.4, 0.5) is 0 Å². The van der Waals surface area contributed by atoms with Crippen molar-refractivity contribution >= 4 is 11.9 Å². The fourth-order valence-corrected chi connectivity index (χ4v) is 2.51. The Balaban J connectivity index is 1.68. The van der Waals surface area contributed by atoms with Crippen LogP contribution in [0.25, 0.3) is 0 Å². The Hall–Kier alpha value is -1.14. The van der Waals surface area contributed by atoms with Gasteiger partial charge in [-0.25, -0.2) is 0 Å². The second-order valence-electron chi connectivity index (χ2n) is 4.83. The predicted octanol–water partition coefficient (Wildman–Crippen LogP) is 0.646. The van der Waals surface area contributed by atoms with Gasteiger partial charge in [-0.1, -0.05) is 19.3 Å². The minimum atomic E-state index is -1.37. The largest absolute Gasteiger partial charge is 0.480 e. The minimum absolute atomic E-state index is 0.173. The van der Waals surface area contributed by atoms with Crippen molar-refractivity contribution in [3.63, 3.8) is 0 Å². The van der Waals surface area contributed by atoms with Crippen molar-refractivity contribution in [1.82, 2.24) is 0 Å². The fourth-order valence-electron chi connectivity index (χ4n) is 2.51. The first-order chi connectivity index (χ1) is 8.13. The summed E-state index contributed by atoms with van der Waals surface area (Å²) in [6.45, 7) is 0. The molecule has 3 aliphatic rings. The Kier molecular flexibility index (Phi) is 2.38. The van der Waals surface area contributed by atoms with Crippen LogP contribution < -0.4 is 0 Å². The Morgan fingerprint density at radius 2 is 1.88 bits per heavy atom. The average Bonchev–Trinajstić information content (AvgIpc) is 2.97. The van der Waals surface area contributed by atoms with Gasteiger partial charge in [0.2, 0.25) is 6.29 Å². The first-order valence-electron chi connectivity index (χ1n) is 5.89. The molecule has 1 saturated carbocycles. The smallest absolute Gasteiger partial charge is 0.325 e. The molecular formula is C11H14O6. The van der Waals surface area contributed by atoms with E-state index in [0.717, 1.165) is 19.3 Å². The summed E-state index contributed by atoms with van der Waals surface area (Å²) in [6, 6.07) is 0. The molecule has 3 rings (SSSR count). The number of hydrogen-bond donors (Lipinski definition) is 1. The summed E-state index contributed by atoms with van der Waals surface area (Å²) in [4.78, 5) is 23.3. The number of carbonyl (C=O) groups excluding carboxylic acids is 1. The third-order valence-corrected chi connectivity index (χ3v) is 3.75. The van der Waals surface area contributed by atoms with Gasteiger partial charge in [-0.15, -0.1) is 0 Å². The van der Waals surface area contributed by atoms with Crippen molar-refractivity contribution in [3.8, 4) is 0 Å². The van der Waals surface area contributed by atoms with E-state index in [-0.39, 0.29) is 12.4 Å². The predicted molar refractivity (Wildman–Crippen MR) is 52.8 cm³/mol. The normalized spacial score (nSPS) is 37.5. The Labute approximate surface area is 97.8 Å². The Bertz CT molecular complexity index is 359. The van der Waals surface area contributed by atoms with Crippen LogP contribution in [-0.4, -0.2) is 35.7 Å². The SMILES string of the molecule is O=C(O)C1(C(=O)OC2OC3OC23)CCCCC1. The van der Waals surface area contributed by atoms with Crippen LogP contribution in [-0.2, 0) is 23.8 Å². The van der Waals surface area contributed by atoms with E-state index in [4.69, 9.17) is 14.2 Å². The van der Waals surface area contributed by atoms with Crippen LogP contribution in [0.1, 0.15) is 32.1 Å². The molecule has 1 aliphatic carbocycles. The highest BCUT2D eigenvalue weighted by atomic mass is 16.9. The number of rotatable bonds is 3. The van der Waals surface area contributed by atoms with Crippen LogP contribution in [0.2, 0.25) is 0 Å². The number of carboxylic acids is 1. The standard InChI is InChI=1S/C11H14O6/c12-9(13)11(4-2-1-3-5-11)10(14)17-8-6-7(15-6)16-8/h6-8H,1-5H2,(H,12,13). The van der Waals surface area contributed by atoms with E-state index in [0.29, 0.717) is 12.8 Å². The van der Waals surface area contributed by atoms with Crippen LogP contribution >= 0.6 is 0 Å². The van der Waals surface area contributed by atoms with E-state index in [1.165, 1.54) is 0 Å².